The van der Waals surface area contributed by atoms with Crippen molar-refractivity contribution in [3.8, 4) is 0 Å². The van der Waals surface area contributed by atoms with Crippen LogP contribution in [0.3, 0.4) is 0 Å². The number of alkyl halides is 2. The summed E-state index contributed by atoms with van der Waals surface area (Å²) in [6, 6.07) is 8.51. The van der Waals surface area contributed by atoms with Crippen LogP contribution in [-0.2, 0) is 15.0 Å². The van der Waals surface area contributed by atoms with Crippen LogP contribution in [0.15, 0.2) is 30.3 Å². The van der Waals surface area contributed by atoms with Gasteiger partial charge in [-0.1, -0.05) is 37.3 Å². The molecule has 1 aromatic carbocycles. The maximum atomic E-state index is 13.2. The molecule has 0 bridgehead atoms. The van der Waals surface area contributed by atoms with Crippen LogP contribution in [0.4, 0.5) is 8.78 Å². The Kier molecular flexibility index (Phi) is 3.98. The van der Waals surface area contributed by atoms with Crippen molar-refractivity contribution in [3.63, 3.8) is 0 Å². The highest BCUT2D eigenvalue weighted by atomic mass is 19.3. The number of aliphatic carboxylic acids is 1. The zero-order valence-corrected chi connectivity index (χ0v) is 12.5. The van der Waals surface area contributed by atoms with Crippen molar-refractivity contribution in [1.29, 1.82) is 0 Å². The summed E-state index contributed by atoms with van der Waals surface area (Å²) in [4.78, 5) is 23.7. The van der Waals surface area contributed by atoms with Gasteiger partial charge in [0, 0.05) is 13.0 Å². The molecule has 1 aliphatic carbocycles. The Morgan fingerprint density at radius 2 is 1.86 bits per heavy atom. The molecule has 120 valence electrons. The largest absolute Gasteiger partial charge is 0.481 e. The Balaban J connectivity index is 2.19. The van der Waals surface area contributed by atoms with Crippen molar-refractivity contribution in [2.75, 3.05) is 6.54 Å². The Morgan fingerprint density at radius 1 is 1.32 bits per heavy atom. The number of halogens is 2. The quantitative estimate of drug-likeness (QED) is 0.848. The van der Waals surface area contributed by atoms with E-state index in [0.29, 0.717) is 5.56 Å². The number of hydrogen-bond acceptors (Lipinski definition) is 2. The molecule has 1 aliphatic rings. The fourth-order valence-corrected chi connectivity index (χ4v) is 2.61. The monoisotopic (exact) mass is 311 g/mol. The summed E-state index contributed by atoms with van der Waals surface area (Å²) in [5.74, 6) is -4.90. The summed E-state index contributed by atoms with van der Waals surface area (Å²) in [5.41, 5.74) is -2.50. The molecule has 2 rings (SSSR count). The first-order valence-corrected chi connectivity index (χ1v) is 7.15. The smallest absolute Gasteiger partial charge is 0.315 e. The van der Waals surface area contributed by atoms with Crippen LogP contribution < -0.4 is 5.32 Å². The molecule has 22 heavy (non-hydrogen) atoms. The van der Waals surface area contributed by atoms with Crippen molar-refractivity contribution in [2.24, 2.45) is 5.41 Å². The van der Waals surface area contributed by atoms with E-state index in [1.54, 1.807) is 37.3 Å². The van der Waals surface area contributed by atoms with E-state index in [9.17, 15) is 23.5 Å². The van der Waals surface area contributed by atoms with Crippen LogP contribution in [-0.4, -0.2) is 29.5 Å². The number of carbonyl (C=O) groups is 2. The zero-order valence-electron chi connectivity index (χ0n) is 12.5. The fourth-order valence-electron chi connectivity index (χ4n) is 2.61. The second kappa shape index (κ2) is 5.34. The summed E-state index contributed by atoms with van der Waals surface area (Å²) in [6.07, 6.45) is -0.261. The highest BCUT2D eigenvalue weighted by Crippen LogP contribution is 2.60. The number of amides is 1. The van der Waals surface area contributed by atoms with E-state index in [1.807, 2.05) is 0 Å². The second-order valence-electron chi connectivity index (χ2n) is 6.00. The van der Waals surface area contributed by atoms with Gasteiger partial charge in [0.15, 0.2) is 0 Å². The van der Waals surface area contributed by atoms with Gasteiger partial charge >= 0.3 is 5.97 Å². The lowest BCUT2D eigenvalue weighted by atomic mass is 9.78. The number of carbonyl (C=O) groups excluding carboxylic acids is 1. The molecule has 6 heteroatoms. The molecule has 2 N–H and O–H groups in total. The van der Waals surface area contributed by atoms with Crippen molar-refractivity contribution >= 4 is 11.9 Å². The van der Waals surface area contributed by atoms with Crippen molar-refractivity contribution in [2.45, 2.75) is 38.0 Å². The molecule has 0 radical (unpaired) electrons. The average molecular weight is 311 g/mol. The third kappa shape index (κ3) is 2.46. The van der Waals surface area contributed by atoms with Gasteiger partial charge < -0.3 is 10.4 Å². The van der Waals surface area contributed by atoms with Gasteiger partial charge in [0.05, 0.1) is 0 Å². The predicted octanol–water partition coefficient (Wildman–Crippen LogP) is 2.58. The predicted molar refractivity (Wildman–Crippen MR) is 76.7 cm³/mol. The van der Waals surface area contributed by atoms with E-state index in [2.05, 4.69) is 5.32 Å². The van der Waals surface area contributed by atoms with Gasteiger partial charge in [0.1, 0.15) is 10.8 Å². The van der Waals surface area contributed by atoms with Gasteiger partial charge in [-0.3, -0.25) is 9.59 Å². The molecule has 0 heterocycles. The molecular weight excluding hydrogens is 292 g/mol. The lowest BCUT2D eigenvalue weighted by Crippen LogP contribution is -2.48. The SMILES string of the molecule is CCC(CNC(=O)C1(C)CC1(F)F)(C(=O)O)c1ccccc1. The topological polar surface area (TPSA) is 66.4 Å². The van der Waals surface area contributed by atoms with Crippen LogP contribution in [0, 0.1) is 5.41 Å². The van der Waals surface area contributed by atoms with Gasteiger partial charge in [0.2, 0.25) is 5.91 Å². The molecule has 0 aromatic heterocycles. The van der Waals surface area contributed by atoms with E-state index in [0.717, 1.165) is 0 Å². The highest BCUT2D eigenvalue weighted by Gasteiger charge is 2.72. The van der Waals surface area contributed by atoms with Crippen molar-refractivity contribution in [1.82, 2.24) is 5.32 Å². The van der Waals surface area contributed by atoms with E-state index < -0.39 is 35.0 Å². The van der Waals surface area contributed by atoms with Crippen molar-refractivity contribution < 1.29 is 23.5 Å². The first-order valence-electron chi connectivity index (χ1n) is 7.15. The molecule has 4 nitrogen and oxygen atoms in total. The Hall–Kier alpha value is -1.98. The number of carboxylic acid groups (broad SMARTS) is 1. The summed E-state index contributed by atoms with van der Waals surface area (Å²) in [5, 5.41) is 12.0. The number of hydrogen-bond donors (Lipinski definition) is 2. The van der Waals surface area contributed by atoms with E-state index >= 15 is 0 Å². The van der Waals surface area contributed by atoms with Gasteiger partial charge in [-0.25, -0.2) is 8.78 Å². The van der Waals surface area contributed by atoms with Gasteiger partial charge in [-0.05, 0) is 18.9 Å². The third-order valence-electron chi connectivity index (χ3n) is 4.65. The normalized spacial score (nSPS) is 25.1. The minimum Gasteiger partial charge on any atom is -0.481 e. The minimum absolute atomic E-state index is 0.215. The first-order chi connectivity index (χ1) is 10.2. The number of carboxylic acids is 1. The average Bonchev–Trinajstić information content (AvgIpc) is 3.00. The molecule has 1 aromatic rings. The molecule has 2 unspecified atom stereocenters. The summed E-state index contributed by atoms with van der Waals surface area (Å²) < 4.78 is 26.5. The Bertz CT molecular complexity index is 590. The second-order valence-corrected chi connectivity index (χ2v) is 6.00. The molecule has 0 saturated heterocycles. The number of benzene rings is 1. The van der Waals surface area contributed by atoms with E-state index in [1.165, 1.54) is 6.92 Å². The summed E-state index contributed by atoms with van der Waals surface area (Å²) in [6.45, 7) is 2.67. The Labute approximate surface area is 127 Å². The van der Waals surface area contributed by atoms with Crippen LogP contribution >= 0.6 is 0 Å². The molecule has 2 atom stereocenters. The standard InChI is InChI=1S/C16H19F2NO3/c1-3-15(13(21)22,11-7-5-4-6-8-11)10-19-12(20)14(2)9-16(14,17)18/h4-8H,3,9-10H2,1-2H3,(H,19,20)(H,21,22). The summed E-state index contributed by atoms with van der Waals surface area (Å²) in [7, 11) is 0. The van der Waals surface area contributed by atoms with Crippen LogP contribution in [0.25, 0.3) is 0 Å². The number of nitrogens with one attached hydrogen (secondary N) is 1. The van der Waals surface area contributed by atoms with Crippen LogP contribution in [0.5, 0.6) is 0 Å². The first kappa shape index (κ1) is 16.4. The molecule has 0 aliphatic heterocycles. The minimum atomic E-state index is -3.01. The third-order valence-corrected chi connectivity index (χ3v) is 4.65. The number of rotatable bonds is 6. The molecule has 1 saturated carbocycles. The highest BCUT2D eigenvalue weighted by molar-refractivity contribution is 5.88. The molecular formula is C16H19F2NO3. The van der Waals surface area contributed by atoms with Crippen LogP contribution in [0.1, 0.15) is 32.3 Å². The van der Waals surface area contributed by atoms with Crippen molar-refractivity contribution in [3.05, 3.63) is 35.9 Å². The van der Waals surface area contributed by atoms with E-state index in [-0.39, 0.29) is 13.0 Å². The molecule has 1 fully saturated rings. The fraction of sp³-hybridized carbons (Fsp3) is 0.500. The zero-order chi connectivity index (χ0) is 16.6. The maximum Gasteiger partial charge on any atom is 0.315 e. The molecule has 0 spiro atoms. The van der Waals surface area contributed by atoms with Crippen LogP contribution in [0.2, 0.25) is 0 Å². The Morgan fingerprint density at radius 3 is 2.27 bits per heavy atom. The van der Waals surface area contributed by atoms with Gasteiger partial charge in [-0.2, -0.15) is 0 Å². The van der Waals surface area contributed by atoms with Gasteiger partial charge in [-0.15, -0.1) is 0 Å². The van der Waals surface area contributed by atoms with Gasteiger partial charge in [0.25, 0.3) is 5.92 Å². The lowest BCUT2D eigenvalue weighted by molar-refractivity contribution is -0.144. The molecule has 1 amide bonds. The maximum absolute atomic E-state index is 13.2. The lowest BCUT2D eigenvalue weighted by Gasteiger charge is -2.29. The summed E-state index contributed by atoms with van der Waals surface area (Å²) >= 11 is 0. The van der Waals surface area contributed by atoms with E-state index in [4.69, 9.17) is 0 Å².